The molecule has 2 aromatic rings. The molecule has 0 unspecified atom stereocenters. The molecule has 0 aromatic heterocycles. The number of likely N-dealkylation sites (N-methyl/N-ethyl adjacent to an activating group) is 1. The SMILES string of the molecule is CN1C(=O)/C(=C\c2ccc(OCc3ccc(Br)cc3)cc2)NC1=S. The van der Waals surface area contributed by atoms with Crippen molar-refractivity contribution in [2.45, 2.75) is 6.61 Å². The Morgan fingerprint density at radius 2 is 1.83 bits per heavy atom. The molecule has 2 aromatic carbocycles. The van der Waals surface area contributed by atoms with Crippen LogP contribution < -0.4 is 10.1 Å². The lowest BCUT2D eigenvalue weighted by molar-refractivity contribution is -0.121. The van der Waals surface area contributed by atoms with Gasteiger partial charge in [0.2, 0.25) is 0 Å². The summed E-state index contributed by atoms with van der Waals surface area (Å²) in [6.45, 7) is 0.507. The second kappa shape index (κ2) is 7.15. The van der Waals surface area contributed by atoms with Gasteiger partial charge in [-0.1, -0.05) is 40.2 Å². The number of ether oxygens (including phenoxy) is 1. The first kappa shape index (κ1) is 16.7. The third-order valence-electron chi connectivity index (χ3n) is 3.59. The van der Waals surface area contributed by atoms with Crippen LogP contribution in [0, 0.1) is 0 Å². The zero-order valence-corrected chi connectivity index (χ0v) is 15.4. The lowest BCUT2D eigenvalue weighted by Gasteiger charge is -2.07. The number of nitrogens with one attached hydrogen (secondary N) is 1. The Morgan fingerprint density at radius 1 is 1.17 bits per heavy atom. The van der Waals surface area contributed by atoms with Crippen LogP contribution in [0.1, 0.15) is 11.1 Å². The number of benzene rings is 2. The van der Waals surface area contributed by atoms with Gasteiger partial charge in [0.25, 0.3) is 5.91 Å². The standard InChI is InChI=1S/C18H15BrN2O2S/c1-21-17(22)16(20-18(21)24)10-12-4-8-15(9-5-12)23-11-13-2-6-14(19)7-3-13/h2-10H,11H2,1H3,(H,20,24)/b16-10+. The number of nitrogens with zero attached hydrogens (tertiary/aromatic N) is 1. The van der Waals surface area contributed by atoms with Crippen LogP contribution in [0.5, 0.6) is 5.75 Å². The molecule has 6 heteroatoms. The van der Waals surface area contributed by atoms with Gasteiger partial charge in [0, 0.05) is 11.5 Å². The van der Waals surface area contributed by atoms with E-state index in [9.17, 15) is 4.79 Å². The Morgan fingerprint density at radius 3 is 2.42 bits per heavy atom. The van der Waals surface area contributed by atoms with E-state index in [0.717, 1.165) is 21.3 Å². The van der Waals surface area contributed by atoms with Gasteiger partial charge in [-0.15, -0.1) is 0 Å². The van der Waals surface area contributed by atoms with Gasteiger partial charge in [-0.05, 0) is 53.7 Å². The van der Waals surface area contributed by atoms with Crippen LogP contribution in [0.4, 0.5) is 0 Å². The Hall–Kier alpha value is -2.18. The first-order valence-electron chi connectivity index (χ1n) is 7.31. The van der Waals surface area contributed by atoms with E-state index in [1.54, 1.807) is 13.1 Å². The Labute approximate surface area is 154 Å². The zero-order valence-electron chi connectivity index (χ0n) is 13.0. The summed E-state index contributed by atoms with van der Waals surface area (Å²) in [7, 11) is 1.65. The largest absolute Gasteiger partial charge is 0.489 e. The topological polar surface area (TPSA) is 41.6 Å². The first-order chi connectivity index (χ1) is 11.5. The minimum Gasteiger partial charge on any atom is -0.489 e. The molecule has 1 amide bonds. The average Bonchev–Trinajstić information content (AvgIpc) is 2.83. The second-order valence-corrected chi connectivity index (χ2v) is 6.64. The van der Waals surface area contributed by atoms with Crippen molar-refractivity contribution < 1.29 is 9.53 Å². The molecule has 0 spiro atoms. The van der Waals surface area contributed by atoms with Crippen LogP contribution >= 0.6 is 28.1 Å². The van der Waals surface area contributed by atoms with Crippen molar-refractivity contribution in [1.29, 1.82) is 0 Å². The molecular formula is C18H15BrN2O2S. The second-order valence-electron chi connectivity index (χ2n) is 5.34. The third-order valence-corrected chi connectivity index (χ3v) is 4.50. The van der Waals surface area contributed by atoms with Crippen molar-refractivity contribution in [3.05, 3.63) is 69.8 Å². The van der Waals surface area contributed by atoms with Crippen molar-refractivity contribution in [2.24, 2.45) is 0 Å². The molecule has 0 aliphatic carbocycles. The quantitative estimate of drug-likeness (QED) is 0.624. The monoisotopic (exact) mass is 402 g/mol. The average molecular weight is 403 g/mol. The van der Waals surface area contributed by atoms with Crippen LogP contribution in [0.15, 0.2) is 58.7 Å². The van der Waals surface area contributed by atoms with Gasteiger partial charge in [-0.3, -0.25) is 9.69 Å². The summed E-state index contributed by atoms with van der Waals surface area (Å²) in [6, 6.07) is 15.6. The summed E-state index contributed by atoms with van der Waals surface area (Å²) in [6.07, 6.45) is 1.77. The highest BCUT2D eigenvalue weighted by Crippen LogP contribution is 2.18. The smallest absolute Gasteiger partial charge is 0.276 e. The van der Waals surface area contributed by atoms with E-state index in [4.69, 9.17) is 17.0 Å². The van der Waals surface area contributed by atoms with Gasteiger partial charge in [-0.25, -0.2) is 0 Å². The van der Waals surface area contributed by atoms with Crippen LogP contribution in [0.3, 0.4) is 0 Å². The van der Waals surface area contributed by atoms with Gasteiger partial charge in [-0.2, -0.15) is 0 Å². The van der Waals surface area contributed by atoms with E-state index in [1.807, 2.05) is 48.5 Å². The van der Waals surface area contributed by atoms with Crippen LogP contribution in [0.25, 0.3) is 6.08 Å². The maximum atomic E-state index is 11.9. The van der Waals surface area contributed by atoms with Crippen LogP contribution in [0.2, 0.25) is 0 Å². The molecule has 24 heavy (non-hydrogen) atoms. The van der Waals surface area contributed by atoms with Crippen molar-refractivity contribution in [2.75, 3.05) is 7.05 Å². The molecular weight excluding hydrogens is 388 g/mol. The van der Waals surface area contributed by atoms with Crippen molar-refractivity contribution in [1.82, 2.24) is 10.2 Å². The highest BCUT2D eigenvalue weighted by Gasteiger charge is 2.26. The predicted molar refractivity (Wildman–Crippen MR) is 101 cm³/mol. The van der Waals surface area contributed by atoms with Gasteiger partial charge in [0.05, 0.1) is 0 Å². The fourth-order valence-electron chi connectivity index (χ4n) is 2.20. The maximum Gasteiger partial charge on any atom is 0.276 e. The summed E-state index contributed by atoms with van der Waals surface area (Å²) < 4.78 is 6.81. The normalized spacial score (nSPS) is 15.8. The lowest BCUT2D eigenvalue weighted by atomic mass is 10.2. The number of hydrogen-bond acceptors (Lipinski definition) is 3. The van der Waals surface area contributed by atoms with Gasteiger partial charge >= 0.3 is 0 Å². The fraction of sp³-hybridized carbons (Fsp3) is 0.111. The number of halogens is 1. The molecule has 1 heterocycles. The highest BCUT2D eigenvalue weighted by molar-refractivity contribution is 9.10. The molecule has 0 atom stereocenters. The van der Waals surface area contributed by atoms with Crippen molar-refractivity contribution >= 4 is 45.2 Å². The van der Waals surface area contributed by atoms with Gasteiger partial charge < -0.3 is 10.1 Å². The van der Waals surface area contributed by atoms with E-state index < -0.39 is 0 Å². The highest BCUT2D eigenvalue weighted by atomic mass is 79.9. The number of thiocarbonyl (C=S) groups is 1. The molecule has 1 aliphatic heterocycles. The number of hydrogen-bond donors (Lipinski definition) is 1. The molecule has 122 valence electrons. The van der Waals surface area contributed by atoms with E-state index in [-0.39, 0.29) is 5.91 Å². The van der Waals surface area contributed by atoms with E-state index in [0.29, 0.717) is 17.4 Å². The van der Waals surface area contributed by atoms with Gasteiger partial charge in [0.1, 0.15) is 18.1 Å². The van der Waals surface area contributed by atoms with Crippen LogP contribution in [-0.2, 0) is 11.4 Å². The Balaban J connectivity index is 1.64. The molecule has 1 aliphatic rings. The molecule has 1 saturated heterocycles. The summed E-state index contributed by atoms with van der Waals surface area (Å²) in [5.41, 5.74) is 2.48. The van der Waals surface area contributed by atoms with Crippen molar-refractivity contribution in [3.63, 3.8) is 0 Å². The summed E-state index contributed by atoms with van der Waals surface area (Å²) in [5, 5.41) is 3.32. The number of carbonyl (C=O) groups is 1. The Kier molecular flexibility index (Phi) is 4.97. The summed E-state index contributed by atoms with van der Waals surface area (Å²) in [4.78, 5) is 13.4. The first-order valence-corrected chi connectivity index (χ1v) is 8.51. The minimum absolute atomic E-state index is 0.129. The fourth-order valence-corrected chi connectivity index (χ4v) is 2.65. The number of carbonyl (C=O) groups excluding carboxylic acids is 1. The minimum atomic E-state index is -0.129. The number of amides is 1. The molecule has 0 radical (unpaired) electrons. The molecule has 1 fully saturated rings. The van der Waals surface area contributed by atoms with Crippen molar-refractivity contribution in [3.8, 4) is 5.75 Å². The lowest BCUT2D eigenvalue weighted by Crippen LogP contribution is -2.25. The molecule has 4 nitrogen and oxygen atoms in total. The predicted octanol–water partition coefficient (Wildman–Crippen LogP) is 3.72. The summed E-state index contributed by atoms with van der Waals surface area (Å²) in [5.74, 6) is 0.647. The van der Waals surface area contributed by atoms with E-state index in [2.05, 4.69) is 21.2 Å². The van der Waals surface area contributed by atoms with Crippen LogP contribution in [-0.4, -0.2) is 23.0 Å². The zero-order chi connectivity index (χ0) is 17.1. The summed E-state index contributed by atoms with van der Waals surface area (Å²) >= 11 is 8.46. The Bertz CT molecular complexity index is 801. The number of rotatable bonds is 4. The molecule has 0 saturated carbocycles. The molecule has 3 rings (SSSR count). The molecule has 1 N–H and O–H groups in total. The maximum absolute atomic E-state index is 11.9. The molecule has 0 bridgehead atoms. The van der Waals surface area contributed by atoms with E-state index in [1.165, 1.54) is 4.90 Å². The third kappa shape index (κ3) is 3.83. The van der Waals surface area contributed by atoms with E-state index >= 15 is 0 Å². The van der Waals surface area contributed by atoms with Gasteiger partial charge in [0.15, 0.2) is 5.11 Å².